The summed E-state index contributed by atoms with van der Waals surface area (Å²) in [6.45, 7) is 4.70. The van der Waals surface area contributed by atoms with Crippen LogP contribution in [0.1, 0.15) is 103 Å². The van der Waals surface area contributed by atoms with Gasteiger partial charge in [0, 0.05) is 12.2 Å². The van der Waals surface area contributed by atoms with Crippen molar-refractivity contribution in [2.45, 2.75) is 103 Å². The lowest BCUT2D eigenvalue weighted by Crippen LogP contribution is -2.18. The summed E-state index contributed by atoms with van der Waals surface area (Å²) in [5, 5.41) is 3.48. The van der Waals surface area contributed by atoms with E-state index < -0.39 is 0 Å². The van der Waals surface area contributed by atoms with Crippen LogP contribution in [0.15, 0.2) is 60.4 Å². The molecule has 0 heterocycles. The topological polar surface area (TPSA) is 64.1 Å². The Bertz CT molecular complexity index is 502. The molecule has 0 aromatic heterocycles. The van der Waals surface area contributed by atoms with Crippen LogP contribution in [0.3, 0.4) is 0 Å². The van der Waals surface area contributed by atoms with Crippen molar-refractivity contribution in [2.75, 3.05) is 19.6 Å². The lowest BCUT2D eigenvalue weighted by atomic mass is 10.1. The minimum atomic E-state index is 0.724. The average molecular weight is 444 g/mol. The summed E-state index contributed by atoms with van der Waals surface area (Å²) in [5.74, 6) is 0. The highest BCUT2D eigenvalue weighted by molar-refractivity contribution is 5.19. The molecule has 0 saturated heterocycles. The van der Waals surface area contributed by atoms with E-state index in [0.717, 1.165) is 45.3 Å². The average Bonchev–Trinajstić information content (AvgIpc) is 2.80. The fraction of sp³-hybridized carbons (Fsp3) is 0.655. The second kappa shape index (κ2) is 27.5. The van der Waals surface area contributed by atoms with Crippen LogP contribution in [0.25, 0.3) is 0 Å². The maximum absolute atomic E-state index is 5.60. The molecule has 5 N–H and O–H groups in total. The third kappa shape index (κ3) is 24.7. The first-order valence-electron chi connectivity index (χ1n) is 13.3. The standard InChI is InChI=1S/C29H53N3/c1-2-3-4-5-6-7-8-9-10-11-12-13-14-15-16-17-18-19-20-24-29(25-21-22-26-30)32-28-23-27-31/h13-20,24,32H,2-12,21-23,25-28,30-31H2,1H3. The molecule has 0 amide bonds. The number of nitrogens with one attached hydrogen (secondary N) is 1. The van der Waals surface area contributed by atoms with Gasteiger partial charge in [-0.25, -0.2) is 0 Å². The Morgan fingerprint density at radius 2 is 1.16 bits per heavy atom. The van der Waals surface area contributed by atoms with Gasteiger partial charge in [0.1, 0.15) is 0 Å². The van der Waals surface area contributed by atoms with Crippen LogP contribution in [-0.4, -0.2) is 19.6 Å². The van der Waals surface area contributed by atoms with E-state index in [0.29, 0.717) is 0 Å². The number of allylic oxidation sites excluding steroid dienone is 10. The lowest BCUT2D eigenvalue weighted by Gasteiger charge is -2.09. The molecule has 3 heteroatoms. The molecule has 0 spiro atoms. The molecule has 0 saturated carbocycles. The van der Waals surface area contributed by atoms with Crippen LogP contribution in [0, 0.1) is 0 Å². The minimum absolute atomic E-state index is 0.724. The van der Waals surface area contributed by atoms with Gasteiger partial charge in [0.25, 0.3) is 0 Å². The first-order chi connectivity index (χ1) is 15.8. The third-order valence-corrected chi connectivity index (χ3v) is 5.46. The van der Waals surface area contributed by atoms with Gasteiger partial charge in [-0.2, -0.15) is 0 Å². The van der Waals surface area contributed by atoms with Gasteiger partial charge in [-0.3, -0.25) is 0 Å². The number of unbranched alkanes of at least 4 members (excludes halogenated alkanes) is 11. The van der Waals surface area contributed by atoms with Crippen molar-refractivity contribution in [1.29, 1.82) is 0 Å². The zero-order valence-corrected chi connectivity index (χ0v) is 21.1. The van der Waals surface area contributed by atoms with E-state index >= 15 is 0 Å². The van der Waals surface area contributed by atoms with Gasteiger partial charge in [-0.15, -0.1) is 0 Å². The highest BCUT2D eigenvalue weighted by Gasteiger charge is 1.95. The van der Waals surface area contributed by atoms with E-state index in [-0.39, 0.29) is 0 Å². The SMILES string of the molecule is CCCCCCCCCCCCC=CC=CC=CC=CC=C(CCCCN)NCCCN. The van der Waals surface area contributed by atoms with E-state index in [1.165, 1.54) is 76.3 Å². The van der Waals surface area contributed by atoms with E-state index in [9.17, 15) is 0 Å². The zero-order valence-electron chi connectivity index (χ0n) is 21.1. The second-order valence-corrected chi connectivity index (χ2v) is 8.56. The van der Waals surface area contributed by atoms with Crippen LogP contribution in [0.2, 0.25) is 0 Å². The molecule has 0 aromatic rings. The first-order valence-corrected chi connectivity index (χ1v) is 13.3. The van der Waals surface area contributed by atoms with Gasteiger partial charge in [0.15, 0.2) is 0 Å². The maximum Gasteiger partial charge on any atom is 0.0155 e. The minimum Gasteiger partial charge on any atom is -0.388 e. The Labute approximate surface area is 200 Å². The fourth-order valence-electron chi connectivity index (χ4n) is 3.46. The summed E-state index contributed by atoms with van der Waals surface area (Å²) in [7, 11) is 0. The fourth-order valence-corrected chi connectivity index (χ4v) is 3.46. The van der Waals surface area contributed by atoms with E-state index in [2.05, 4.69) is 66.9 Å². The smallest absolute Gasteiger partial charge is 0.0155 e. The molecular weight excluding hydrogens is 390 g/mol. The van der Waals surface area contributed by atoms with E-state index in [4.69, 9.17) is 11.5 Å². The van der Waals surface area contributed by atoms with Crippen LogP contribution in [0.5, 0.6) is 0 Å². The van der Waals surface area contributed by atoms with Gasteiger partial charge in [-0.1, -0.05) is 113 Å². The Hall–Kier alpha value is -1.58. The summed E-state index contributed by atoms with van der Waals surface area (Å²) in [6.07, 6.45) is 38.5. The van der Waals surface area contributed by atoms with Gasteiger partial charge < -0.3 is 16.8 Å². The molecule has 32 heavy (non-hydrogen) atoms. The predicted octanol–water partition coefficient (Wildman–Crippen LogP) is 7.47. The number of hydrogen-bond donors (Lipinski definition) is 3. The highest BCUT2D eigenvalue weighted by Crippen LogP contribution is 2.11. The first kappa shape index (κ1) is 30.4. The summed E-state index contributed by atoms with van der Waals surface area (Å²) in [6, 6.07) is 0. The molecule has 3 nitrogen and oxygen atoms in total. The Kier molecular flexibility index (Phi) is 26.1. The largest absolute Gasteiger partial charge is 0.388 e. The molecule has 0 fully saturated rings. The predicted molar refractivity (Wildman–Crippen MR) is 146 cm³/mol. The highest BCUT2D eigenvalue weighted by atomic mass is 14.9. The van der Waals surface area contributed by atoms with Crippen molar-refractivity contribution < 1.29 is 0 Å². The van der Waals surface area contributed by atoms with Crippen molar-refractivity contribution in [3.8, 4) is 0 Å². The molecule has 0 rings (SSSR count). The number of hydrogen-bond acceptors (Lipinski definition) is 3. The number of nitrogens with two attached hydrogens (primary N) is 2. The number of rotatable bonds is 23. The van der Waals surface area contributed by atoms with Gasteiger partial charge in [-0.05, 0) is 57.7 Å². The van der Waals surface area contributed by atoms with Gasteiger partial charge in [0.2, 0.25) is 0 Å². The maximum atomic E-state index is 5.60. The molecule has 0 aliphatic rings. The Morgan fingerprint density at radius 1 is 0.594 bits per heavy atom. The normalized spacial score (nSPS) is 12.9. The van der Waals surface area contributed by atoms with Crippen molar-refractivity contribution in [1.82, 2.24) is 5.32 Å². The van der Waals surface area contributed by atoms with Crippen LogP contribution >= 0.6 is 0 Å². The molecule has 0 atom stereocenters. The van der Waals surface area contributed by atoms with E-state index in [1.54, 1.807) is 0 Å². The molecule has 0 unspecified atom stereocenters. The monoisotopic (exact) mass is 443 g/mol. The summed E-state index contributed by atoms with van der Waals surface area (Å²) in [4.78, 5) is 0. The van der Waals surface area contributed by atoms with Crippen LogP contribution in [0.4, 0.5) is 0 Å². The lowest BCUT2D eigenvalue weighted by molar-refractivity contribution is 0.557. The third-order valence-electron chi connectivity index (χ3n) is 5.46. The summed E-state index contributed by atoms with van der Waals surface area (Å²) < 4.78 is 0. The van der Waals surface area contributed by atoms with Crippen molar-refractivity contribution in [2.24, 2.45) is 11.5 Å². The van der Waals surface area contributed by atoms with Crippen molar-refractivity contribution >= 4 is 0 Å². The van der Waals surface area contributed by atoms with Crippen LogP contribution < -0.4 is 16.8 Å². The van der Waals surface area contributed by atoms with Crippen molar-refractivity contribution in [3.05, 3.63) is 60.4 Å². The van der Waals surface area contributed by atoms with Crippen LogP contribution in [-0.2, 0) is 0 Å². The molecule has 0 aromatic carbocycles. The quantitative estimate of drug-likeness (QED) is 0.113. The molecule has 0 aliphatic heterocycles. The van der Waals surface area contributed by atoms with Gasteiger partial charge in [0.05, 0.1) is 0 Å². The molecule has 0 aliphatic carbocycles. The van der Waals surface area contributed by atoms with Gasteiger partial charge >= 0.3 is 0 Å². The van der Waals surface area contributed by atoms with Crippen molar-refractivity contribution in [3.63, 3.8) is 0 Å². The van der Waals surface area contributed by atoms with E-state index in [1.807, 2.05) is 0 Å². The Balaban J connectivity index is 3.83. The Morgan fingerprint density at radius 3 is 1.78 bits per heavy atom. The molecule has 0 radical (unpaired) electrons. The molecular formula is C29H53N3. The summed E-state index contributed by atoms with van der Waals surface area (Å²) >= 11 is 0. The second-order valence-electron chi connectivity index (χ2n) is 8.56. The summed E-state index contributed by atoms with van der Waals surface area (Å²) in [5.41, 5.74) is 12.4. The molecule has 184 valence electrons. The zero-order chi connectivity index (χ0) is 23.4. The molecule has 0 bridgehead atoms.